The molecule has 1 rings (SSSR count). The van der Waals surface area contributed by atoms with E-state index in [1.807, 2.05) is 0 Å². The van der Waals surface area contributed by atoms with E-state index in [1.54, 1.807) is 24.3 Å². The van der Waals surface area contributed by atoms with Crippen molar-refractivity contribution in [2.45, 2.75) is 12.5 Å². The summed E-state index contributed by atoms with van der Waals surface area (Å²) < 4.78 is 25.0. The summed E-state index contributed by atoms with van der Waals surface area (Å²) in [7, 11) is 0. The van der Waals surface area contributed by atoms with Gasteiger partial charge in [0.15, 0.2) is 0 Å². The zero-order chi connectivity index (χ0) is 9.14. The van der Waals surface area contributed by atoms with Gasteiger partial charge in [0.05, 0.1) is 6.04 Å². The van der Waals surface area contributed by atoms with E-state index in [0.29, 0.717) is 5.56 Å². The molecule has 0 amide bonds. The van der Waals surface area contributed by atoms with Gasteiger partial charge in [-0.25, -0.2) is 8.78 Å². The first-order chi connectivity index (χ1) is 5.61. The molecule has 0 aliphatic rings. The molecule has 0 bridgehead atoms. The summed E-state index contributed by atoms with van der Waals surface area (Å²) in [6.45, 7) is 0. The normalized spacial score (nSPS) is 12.4. The number of alkyl halides is 2. The molecule has 13 heavy (non-hydrogen) atoms. The highest BCUT2D eigenvalue weighted by molar-refractivity contribution is 9.10. The van der Waals surface area contributed by atoms with Crippen molar-refractivity contribution in [1.29, 1.82) is 0 Å². The first-order valence-corrected chi connectivity index (χ1v) is 4.20. The van der Waals surface area contributed by atoms with Crippen molar-refractivity contribution in [2.75, 3.05) is 0 Å². The van der Waals surface area contributed by atoms with Gasteiger partial charge < -0.3 is 5.73 Å². The molecule has 0 aromatic heterocycles. The third-order valence-corrected chi connectivity index (χ3v) is 2.00. The summed E-state index contributed by atoms with van der Waals surface area (Å²) in [5, 5.41) is 0. The van der Waals surface area contributed by atoms with Crippen LogP contribution >= 0.6 is 28.3 Å². The molecule has 0 saturated carbocycles. The third-order valence-electron chi connectivity index (χ3n) is 1.51. The minimum atomic E-state index is -2.51. The van der Waals surface area contributed by atoms with Gasteiger partial charge in [-0.05, 0) is 17.7 Å². The van der Waals surface area contributed by atoms with Gasteiger partial charge in [0.2, 0.25) is 0 Å². The summed E-state index contributed by atoms with van der Waals surface area (Å²) >= 11 is 3.18. The molecule has 0 aliphatic carbocycles. The van der Waals surface area contributed by atoms with Crippen molar-refractivity contribution in [3.63, 3.8) is 0 Å². The van der Waals surface area contributed by atoms with E-state index in [-0.39, 0.29) is 12.4 Å². The zero-order valence-corrected chi connectivity index (χ0v) is 8.99. The highest BCUT2D eigenvalue weighted by Crippen LogP contribution is 2.20. The van der Waals surface area contributed by atoms with Crippen LogP contribution in [0, 0.1) is 0 Å². The molecule has 5 heteroatoms. The second-order valence-electron chi connectivity index (χ2n) is 2.42. The van der Waals surface area contributed by atoms with Crippen LogP contribution in [0.15, 0.2) is 28.7 Å². The van der Waals surface area contributed by atoms with Crippen LogP contribution in [0.4, 0.5) is 8.78 Å². The fourth-order valence-corrected chi connectivity index (χ4v) is 1.28. The van der Waals surface area contributed by atoms with E-state index in [9.17, 15) is 8.78 Å². The largest absolute Gasteiger partial charge is 0.319 e. The average molecular weight is 273 g/mol. The van der Waals surface area contributed by atoms with Gasteiger partial charge in [-0.1, -0.05) is 28.1 Å². The molecule has 0 spiro atoms. The summed E-state index contributed by atoms with van der Waals surface area (Å²) in [5.41, 5.74) is 5.68. The van der Waals surface area contributed by atoms with Crippen molar-refractivity contribution < 1.29 is 8.78 Å². The Bertz CT molecular complexity index is 270. The van der Waals surface area contributed by atoms with Crippen LogP contribution in [0.2, 0.25) is 0 Å². The fraction of sp³-hybridized carbons (Fsp3) is 0.250. The second kappa shape index (κ2) is 5.52. The maximum atomic E-state index is 12.1. The van der Waals surface area contributed by atoms with Gasteiger partial charge in [0, 0.05) is 4.47 Å². The number of rotatable bonds is 2. The van der Waals surface area contributed by atoms with Gasteiger partial charge in [0.25, 0.3) is 6.43 Å². The predicted molar refractivity (Wildman–Crippen MR) is 54.3 cm³/mol. The van der Waals surface area contributed by atoms with Gasteiger partial charge in [0.1, 0.15) is 0 Å². The molecule has 1 aromatic rings. The second-order valence-corrected chi connectivity index (χ2v) is 3.33. The highest BCUT2D eigenvalue weighted by Gasteiger charge is 2.16. The van der Waals surface area contributed by atoms with Crippen molar-refractivity contribution in [3.05, 3.63) is 34.3 Å². The summed E-state index contributed by atoms with van der Waals surface area (Å²) in [6.07, 6.45) is -2.51. The SMILES string of the molecule is Cl.N[C@H](c1cccc(Br)c1)C(F)F. The fourth-order valence-electron chi connectivity index (χ4n) is 0.859. The molecular weight excluding hydrogens is 263 g/mol. The maximum absolute atomic E-state index is 12.1. The van der Waals surface area contributed by atoms with Crippen LogP contribution in [-0.2, 0) is 0 Å². The molecular formula is C8H9BrClF2N. The summed E-state index contributed by atoms with van der Waals surface area (Å²) in [4.78, 5) is 0. The molecule has 0 saturated heterocycles. The number of hydrogen-bond donors (Lipinski definition) is 1. The smallest absolute Gasteiger partial charge is 0.257 e. The topological polar surface area (TPSA) is 26.0 Å². The van der Waals surface area contributed by atoms with E-state index in [1.165, 1.54) is 0 Å². The Morgan fingerprint density at radius 1 is 1.31 bits per heavy atom. The molecule has 1 atom stereocenters. The first-order valence-electron chi connectivity index (χ1n) is 3.40. The molecule has 0 fully saturated rings. The number of halogens is 4. The Morgan fingerprint density at radius 3 is 2.38 bits per heavy atom. The molecule has 0 unspecified atom stereocenters. The maximum Gasteiger partial charge on any atom is 0.257 e. The van der Waals surface area contributed by atoms with E-state index >= 15 is 0 Å². The number of hydrogen-bond acceptors (Lipinski definition) is 1. The lowest BCUT2D eigenvalue weighted by Crippen LogP contribution is -2.18. The number of benzene rings is 1. The molecule has 0 radical (unpaired) electrons. The molecule has 1 nitrogen and oxygen atoms in total. The molecule has 1 aromatic carbocycles. The van der Waals surface area contributed by atoms with Crippen LogP contribution in [0.1, 0.15) is 11.6 Å². The highest BCUT2D eigenvalue weighted by atomic mass is 79.9. The van der Waals surface area contributed by atoms with Crippen LogP contribution in [0.25, 0.3) is 0 Å². The monoisotopic (exact) mass is 271 g/mol. The third kappa shape index (κ3) is 3.58. The summed E-state index contributed by atoms with van der Waals surface area (Å²) in [6, 6.07) is 5.43. The lowest BCUT2D eigenvalue weighted by Gasteiger charge is -2.10. The van der Waals surface area contributed by atoms with E-state index in [2.05, 4.69) is 15.9 Å². The van der Waals surface area contributed by atoms with E-state index in [4.69, 9.17) is 5.73 Å². The van der Waals surface area contributed by atoms with Crippen LogP contribution < -0.4 is 5.73 Å². The Kier molecular flexibility index (Phi) is 5.44. The van der Waals surface area contributed by atoms with Crippen molar-refractivity contribution in [2.24, 2.45) is 5.73 Å². The van der Waals surface area contributed by atoms with E-state index < -0.39 is 12.5 Å². The average Bonchev–Trinajstić information content (AvgIpc) is 2.03. The standard InChI is InChI=1S/C8H8BrF2N.ClH/c9-6-3-1-2-5(4-6)7(12)8(10)11;/h1-4,7-8H,12H2;1H/t7-;/m1./s1. The summed E-state index contributed by atoms with van der Waals surface area (Å²) in [5.74, 6) is 0. The lowest BCUT2D eigenvalue weighted by atomic mass is 10.1. The molecule has 2 N–H and O–H groups in total. The van der Waals surface area contributed by atoms with Crippen LogP contribution in [-0.4, -0.2) is 6.43 Å². The Morgan fingerprint density at radius 2 is 1.92 bits per heavy atom. The van der Waals surface area contributed by atoms with Crippen molar-refractivity contribution in [3.8, 4) is 0 Å². The zero-order valence-electron chi connectivity index (χ0n) is 6.58. The molecule has 0 aliphatic heterocycles. The predicted octanol–water partition coefficient (Wildman–Crippen LogP) is 3.14. The van der Waals surface area contributed by atoms with Gasteiger partial charge in [-0.15, -0.1) is 12.4 Å². The minimum Gasteiger partial charge on any atom is -0.319 e. The Balaban J connectivity index is 0.00000144. The van der Waals surface area contributed by atoms with Gasteiger partial charge in [-0.2, -0.15) is 0 Å². The van der Waals surface area contributed by atoms with Gasteiger partial charge >= 0.3 is 0 Å². The molecule has 74 valence electrons. The van der Waals surface area contributed by atoms with Crippen LogP contribution in [0.3, 0.4) is 0 Å². The molecule has 0 heterocycles. The van der Waals surface area contributed by atoms with Crippen molar-refractivity contribution >= 4 is 28.3 Å². The van der Waals surface area contributed by atoms with E-state index in [0.717, 1.165) is 4.47 Å². The first kappa shape index (κ1) is 12.8. The lowest BCUT2D eigenvalue weighted by molar-refractivity contribution is 0.116. The minimum absolute atomic E-state index is 0. The van der Waals surface area contributed by atoms with Crippen molar-refractivity contribution in [1.82, 2.24) is 0 Å². The Labute approximate surface area is 89.9 Å². The quantitative estimate of drug-likeness (QED) is 0.879. The Hall–Kier alpha value is -0.190. The number of nitrogens with two attached hydrogens (primary N) is 1. The van der Waals surface area contributed by atoms with Gasteiger partial charge in [-0.3, -0.25) is 0 Å². The van der Waals surface area contributed by atoms with Crippen LogP contribution in [0.5, 0.6) is 0 Å².